The van der Waals surface area contributed by atoms with Crippen LogP contribution < -0.4 is 0 Å². The fourth-order valence-corrected chi connectivity index (χ4v) is 3.23. The van der Waals surface area contributed by atoms with E-state index in [-0.39, 0.29) is 11.5 Å². The van der Waals surface area contributed by atoms with E-state index in [1.807, 2.05) is 48.5 Å². The molecule has 5 rings (SSSR count). The molecule has 9 heteroatoms. The molecule has 0 amide bonds. The lowest BCUT2D eigenvalue weighted by Gasteiger charge is -2.09. The lowest BCUT2D eigenvalue weighted by Crippen LogP contribution is -2.18. The number of carbonyl (C=O) groups excluding carboxylic acids is 2. The van der Waals surface area contributed by atoms with E-state index in [2.05, 4.69) is 15.5 Å². The molecule has 3 heterocycles. The van der Waals surface area contributed by atoms with Crippen molar-refractivity contribution in [3.8, 4) is 11.4 Å². The predicted molar refractivity (Wildman–Crippen MR) is 118 cm³/mol. The van der Waals surface area contributed by atoms with E-state index < -0.39 is 18.4 Å². The molecule has 0 aliphatic carbocycles. The maximum atomic E-state index is 13.0. The second-order valence-electron chi connectivity index (χ2n) is 6.97. The quantitative estimate of drug-likeness (QED) is 0.211. The first-order valence-electron chi connectivity index (χ1n) is 9.97. The van der Waals surface area contributed by atoms with Gasteiger partial charge in [-0.2, -0.15) is 4.68 Å². The fourth-order valence-electron chi connectivity index (χ4n) is 3.23. The number of ketones is 1. The Morgan fingerprint density at radius 1 is 1.00 bits per heavy atom. The Hall–Kier alpha value is -4.79. The zero-order valence-corrected chi connectivity index (χ0v) is 17.1. The summed E-state index contributed by atoms with van der Waals surface area (Å²) in [6.07, 6.45) is 2.91. The van der Waals surface area contributed by atoms with Crippen molar-refractivity contribution in [1.82, 2.24) is 20.2 Å². The van der Waals surface area contributed by atoms with Gasteiger partial charge in [0, 0.05) is 17.0 Å². The summed E-state index contributed by atoms with van der Waals surface area (Å²) in [6, 6.07) is 21.3. The number of Topliss-reactive ketones (excluding diaryl/α,β-unsaturated/α-hetero) is 1. The van der Waals surface area contributed by atoms with Crippen LogP contribution in [-0.4, -0.2) is 38.6 Å². The van der Waals surface area contributed by atoms with Crippen molar-refractivity contribution in [2.24, 2.45) is 0 Å². The van der Waals surface area contributed by atoms with Crippen LogP contribution in [0.25, 0.3) is 34.1 Å². The monoisotopic (exact) mass is 440 g/mol. The van der Waals surface area contributed by atoms with Crippen LogP contribution in [0.5, 0.6) is 0 Å². The second-order valence-corrected chi connectivity index (χ2v) is 6.97. The Morgan fingerprint density at radius 2 is 1.82 bits per heavy atom. The molecular weight excluding hydrogens is 424 g/mol. The molecule has 0 N–H and O–H groups in total. The lowest BCUT2D eigenvalue weighted by atomic mass is 10.2. The number of fused-ring (bicyclic) bond motifs is 1. The third-order valence-electron chi connectivity index (χ3n) is 4.80. The molecule has 0 radical (unpaired) electrons. The number of esters is 1. The van der Waals surface area contributed by atoms with Gasteiger partial charge in [0.25, 0.3) is 0 Å². The Labute approximate surface area is 186 Å². The minimum absolute atomic E-state index is 0.0220. The SMILES string of the molecule is O=C(OCC(=O)c1cc2ccccc2o1)/C(=C\c1ccco1)n1nnnc1-c1ccccc1. The van der Waals surface area contributed by atoms with E-state index >= 15 is 0 Å². The van der Waals surface area contributed by atoms with Gasteiger partial charge in [-0.15, -0.1) is 5.10 Å². The third kappa shape index (κ3) is 4.19. The summed E-state index contributed by atoms with van der Waals surface area (Å²) in [6.45, 7) is -0.517. The van der Waals surface area contributed by atoms with Gasteiger partial charge >= 0.3 is 5.97 Å². The van der Waals surface area contributed by atoms with Gasteiger partial charge in [0.15, 0.2) is 23.9 Å². The average molecular weight is 440 g/mol. The van der Waals surface area contributed by atoms with Crippen molar-refractivity contribution in [1.29, 1.82) is 0 Å². The summed E-state index contributed by atoms with van der Waals surface area (Å²) in [5.74, 6) is -0.459. The predicted octanol–water partition coefficient (Wildman–Crippen LogP) is 4.10. The molecule has 0 fully saturated rings. The maximum absolute atomic E-state index is 13.0. The number of benzene rings is 2. The molecule has 3 aromatic heterocycles. The Morgan fingerprint density at radius 3 is 2.61 bits per heavy atom. The van der Waals surface area contributed by atoms with Crippen LogP contribution in [0.15, 0.2) is 87.9 Å². The number of hydrogen-bond donors (Lipinski definition) is 0. The van der Waals surface area contributed by atoms with E-state index in [4.69, 9.17) is 13.6 Å². The van der Waals surface area contributed by atoms with Crippen molar-refractivity contribution in [3.63, 3.8) is 0 Å². The molecule has 0 atom stereocenters. The van der Waals surface area contributed by atoms with Crippen LogP contribution >= 0.6 is 0 Å². The first kappa shape index (κ1) is 20.1. The van der Waals surface area contributed by atoms with Crippen molar-refractivity contribution >= 4 is 34.5 Å². The van der Waals surface area contributed by atoms with E-state index in [1.54, 1.807) is 24.3 Å². The molecule has 9 nitrogen and oxygen atoms in total. The van der Waals surface area contributed by atoms with Crippen LogP contribution in [0, 0.1) is 0 Å². The summed E-state index contributed by atoms with van der Waals surface area (Å²) in [5, 5.41) is 12.5. The van der Waals surface area contributed by atoms with Gasteiger partial charge in [0.1, 0.15) is 11.3 Å². The zero-order valence-electron chi connectivity index (χ0n) is 17.1. The number of hydrogen-bond acceptors (Lipinski definition) is 8. The Bertz CT molecular complexity index is 1420. The summed E-state index contributed by atoms with van der Waals surface area (Å²) in [4.78, 5) is 25.6. The molecule has 0 aliphatic heterocycles. The van der Waals surface area contributed by atoms with Crippen molar-refractivity contribution < 1.29 is 23.2 Å². The van der Waals surface area contributed by atoms with Crippen LogP contribution in [0.3, 0.4) is 0 Å². The minimum atomic E-state index is -0.805. The molecule has 0 saturated heterocycles. The lowest BCUT2D eigenvalue weighted by molar-refractivity contribution is -0.136. The number of aromatic nitrogens is 4. The largest absolute Gasteiger partial charge is 0.465 e. The highest BCUT2D eigenvalue weighted by atomic mass is 16.5. The van der Waals surface area contributed by atoms with Gasteiger partial charge in [0.2, 0.25) is 5.78 Å². The number of furan rings is 2. The van der Waals surface area contributed by atoms with Crippen LogP contribution in [0.1, 0.15) is 16.3 Å². The third-order valence-corrected chi connectivity index (χ3v) is 4.80. The molecule has 0 unspecified atom stereocenters. The minimum Gasteiger partial charge on any atom is -0.465 e. The van der Waals surface area contributed by atoms with Crippen LogP contribution in [0.4, 0.5) is 0 Å². The molecule has 0 aliphatic rings. The Kier molecular flexibility index (Phi) is 5.34. The smallest absolute Gasteiger partial charge is 0.357 e. The van der Waals surface area contributed by atoms with E-state index in [0.29, 0.717) is 22.7 Å². The fraction of sp³-hybridized carbons (Fsp3) is 0.0417. The maximum Gasteiger partial charge on any atom is 0.357 e. The summed E-state index contributed by atoms with van der Waals surface area (Å²) >= 11 is 0. The first-order chi connectivity index (χ1) is 16.2. The van der Waals surface area contributed by atoms with Crippen molar-refractivity contribution in [2.75, 3.05) is 6.61 Å². The van der Waals surface area contributed by atoms with E-state index in [1.165, 1.54) is 17.0 Å². The molecule has 0 saturated carbocycles. The molecular formula is C24H16N4O5. The normalized spacial score (nSPS) is 11.6. The molecule has 33 heavy (non-hydrogen) atoms. The Balaban J connectivity index is 1.41. The van der Waals surface area contributed by atoms with Gasteiger partial charge in [0.05, 0.1) is 6.26 Å². The molecule has 0 bridgehead atoms. The standard InChI is InChI=1S/C24H16N4O5/c29-20(22-13-17-9-4-5-11-21(17)33-22)15-32-24(30)19(14-18-10-6-12-31-18)28-23(25-26-27-28)16-7-2-1-3-8-16/h1-14H,15H2/b19-14+. The number of rotatable bonds is 7. The molecule has 2 aromatic carbocycles. The van der Waals surface area contributed by atoms with Crippen molar-refractivity contribution in [3.05, 3.63) is 90.6 Å². The van der Waals surface area contributed by atoms with Crippen LogP contribution in [-0.2, 0) is 9.53 Å². The first-order valence-corrected chi connectivity index (χ1v) is 9.97. The highest BCUT2D eigenvalue weighted by Gasteiger charge is 2.23. The van der Waals surface area contributed by atoms with Gasteiger partial charge in [-0.25, -0.2) is 4.79 Å². The average Bonchev–Trinajstić information content (AvgIpc) is 3.61. The van der Waals surface area contributed by atoms with E-state index in [0.717, 1.165) is 5.39 Å². The van der Waals surface area contributed by atoms with Crippen LogP contribution in [0.2, 0.25) is 0 Å². The highest BCUT2D eigenvalue weighted by molar-refractivity contribution is 6.16. The van der Waals surface area contributed by atoms with Gasteiger partial charge in [-0.05, 0) is 34.7 Å². The second kappa shape index (κ2) is 8.75. The van der Waals surface area contributed by atoms with E-state index in [9.17, 15) is 9.59 Å². The number of nitrogens with zero attached hydrogens (tertiary/aromatic N) is 4. The number of ether oxygens (including phenoxy) is 1. The van der Waals surface area contributed by atoms with Gasteiger partial charge in [-0.3, -0.25) is 4.79 Å². The van der Waals surface area contributed by atoms with Gasteiger partial charge in [-0.1, -0.05) is 48.5 Å². The molecule has 5 aromatic rings. The number of para-hydroxylation sites is 1. The molecule has 162 valence electrons. The summed E-state index contributed by atoms with van der Waals surface area (Å²) in [5.41, 5.74) is 1.25. The number of carbonyl (C=O) groups is 2. The number of tetrazole rings is 1. The van der Waals surface area contributed by atoms with Gasteiger partial charge < -0.3 is 13.6 Å². The zero-order chi connectivity index (χ0) is 22.6. The topological polar surface area (TPSA) is 113 Å². The van der Waals surface area contributed by atoms with Crippen molar-refractivity contribution in [2.45, 2.75) is 0 Å². The summed E-state index contributed by atoms with van der Waals surface area (Å²) < 4.78 is 17.4. The molecule has 0 spiro atoms. The highest BCUT2D eigenvalue weighted by Crippen LogP contribution is 2.22. The summed E-state index contributed by atoms with van der Waals surface area (Å²) in [7, 11) is 0.